The van der Waals surface area contributed by atoms with Crippen molar-refractivity contribution in [3.63, 3.8) is 0 Å². The number of hydrogen-bond acceptors (Lipinski definition) is 3. The summed E-state index contributed by atoms with van der Waals surface area (Å²) in [5, 5.41) is 3.08. The number of nitrogens with two attached hydrogens (primary N) is 1. The van der Waals surface area contributed by atoms with Crippen molar-refractivity contribution in [2.75, 3.05) is 18.1 Å². The van der Waals surface area contributed by atoms with Crippen LogP contribution in [0.3, 0.4) is 0 Å². The highest BCUT2D eigenvalue weighted by atomic mass is 32.2. The molecule has 1 aliphatic carbocycles. The molecule has 2 aliphatic rings. The number of amides is 1. The highest BCUT2D eigenvalue weighted by molar-refractivity contribution is 7.99. The van der Waals surface area contributed by atoms with E-state index in [-0.39, 0.29) is 5.91 Å². The third-order valence-electron chi connectivity index (χ3n) is 4.06. The lowest BCUT2D eigenvalue weighted by Crippen LogP contribution is -2.56. The third kappa shape index (κ3) is 3.38. The number of nitrogens with one attached hydrogen (secondary N) is 1. The predicted molar refractivity (Wildman–Crippen MR) is 73.0 cm³/mol. The van der Waals surface area contributed by atoms with E-state index in [1.807, 2.05) is 11.8 Å². The van der Waals surface area contributed by atoms with E-state index in [1.165, 1.54) is 24.3 Å². The Hall–Kier alpha value is -0.220. The maximum absolute atomic E-state index is 12.2. The van der Waals surface area contributed by atoms with Gasteiger partial charge in [-0.2, -0.15) is 11.8 Å². The van der Waals surface area contributed by atoms with E-state index < -0.39 is 5.54 Å². The van der Waals surface area contributed by atoms with E-state index in [0.717, 1.165) is 25.8 Å². The van der Waals surface area contributed by atoms with E-state index >= 15 is 0 Å². The summed E-state index contributed by atoms with van der Waals surface area (Å²) in [6.07, 6.45) is 5.23. The largest absolute Gasteiger partial charge is 0.354 e. The Morgan fingerprint density at radius 2 is 2.35 bits per heavy atom. The van der Waals surface area contributed by atoms with E-state index in [4.69, 9.17) is 5.73 Å². The lowest BCUT2D eigenvalue weighted by Gasteiger charge is -2.35. The molecule has 1 amide bonds. The van der Waals surface area contributed by atoms with Crippen molar-refractivity contribution in [2.45, 2.75) is 44.6 Å². The summed E-state index contributed by atoms with van der Waals surface area (Å²) in [7, 11) is 0. The van der Waals surface area contributed by atoms with E-state index in [1.54, 1.807) is 0 Å². The van der Waals surface area contributed by atoms with Crippen LogP contribution in [0.15, 0.2) is 0 Å². The van der Waals surface area contributed by atoms with Gasteiger partial charge in [0.15, 0.2) is 0 Å². The van der Waals surface area contributed by atoms with Crippen molar-refractivity contribution < 1.29 is 4.79 Å². The van der Waals surface area contributed by atoms with Crippen molar-refractivity contribution in [3.8, 4) is 0 Å². The smallest absolute Gasteiger partial charge is 0.240 e. The van der Waals surface area contributed by atoms with Crippen molar-refractivity contribution >= 4 is 17.7 Å². The van der Waals surface area contributed by atoms with Crippen molar-refractivity contribution in [1.29, 1.82) is 0 Å². The highest BCUT2D eigenvalue weighted by Gasteiger charge is 2.37. The Labute approximate surface area is 108 Å². The van der Waals surface area contributed by atoms with Gasteiger partial charge >= 0.3 is 0 Å². The van der Waals surface area contributed by atoms with Crippen molar-refractivity contribution in [2.24, 2.45) is 17.6 Å². The molecule has 1 saturated heterocycles. The van der Waals surface area contributed by atoms with Crippen LogP contribution < -0.4 is 11.1 Å². The van der Waals surface area contributed by atoms with Crippen LogP contribution in [-0.4, -0.2) is 29.5 Å². The first-order valence-corrected chi connectivity index (χ1v) is 7.90. The molecule has 17 heavy (non-hydrogen) atoms. The van der Waals surface area contributed by atoms with Crippen LogP contribution in [0.1, 0.15) is 39.0 Å². The number of rotatable bonds is 3. The monoisotopic (exact) mass is 256 g/mol. The Morgan fingerprint density at radius 1 is 1.53 bits per heavy atom. The molecule has 0 aromatic rings. The maximum atomic E-state index is 12.2. The maximum Gasteiger partial charge on any atom is 0.240 e. The molecular formula is C13H24N2OS. The quantitative estimate of drug-likeness (QED) is 0.809. The van der Waals surface area contributed by atoms with Gasteiger partial charge in [0, 0.05) is 6.54 Å². The van der Waals surface area contributed by atoms with Crippen LogP contribution in [-0.2, 0) is 4.79 Å². The number of carbonyl (C=O) groups is 1. The predicted octanol–water partition coefficient (Wildman–Crippen LogP) is 1.76. The Morgan fingerprint density at radius 3 is 3.00 bits per heavy atom. The lowest BCUT2D eigenvalue weighted by atomic mass is 9.76. The minimum Gasteiger partial charge on any atom is -0.354 e. The molecule has 0 radical (unpaired) electrons. The van der Waals surface area contributed by atoms with Crippen LogP contribution >= 0.6 is 11.8 Å². The molecule has 0 bridgehead atoms. The van der Waals surface area contributed by atoms with Crippen LogP contribution in [0, 0.1) is 11.8 Å². The molecule has 1 heterocycles. The molecule has 3 atom stereocenters. The van der Waals surface area contributed by atoms with Gasteiger partial charge in [-0.1, -0.05) is 19.8 Å². The molecule has 1 aliphatic heterocycles. The standard InChI is InChI=1S/C13H24N2OS/c1-10-3-2-5-13(14,7-10)12(16)15-8-11-4-6-17-9-11/h10-11H,2-9,14H2,1H3,(H,15,16). The fourth-order valence-electron chi connectivity index (χ4n) is 2.96. The summed E-state index contributed by atoms with van der Waals surface area (Å²) in [5.41, 5.74) is 5.67. The lowest BCUT2D eigenvalue weighted by molar-refractivity contribution is -0.128. The van der Waals surface area contributed by atoms with Crippen LogP contribution in [0.25, 0.3) is 0 Å². The Bertz CT molecular complexity index is 279. The van der Waals surface area contributed by atoms with Gasteiger partial charge in [-0.15, -0.1) is 0 Å². The summed E-state index contributed by atoms with van der Waals surface area (Å²) >= 11 is 1.99. The molecule has 0 spiro atoms. The van der Waals surface area contributed by atoms with Crippen molar-refractivity contribution in [1.82, 2.24) is 5.32 Å². The van der Waals surface area contributed by atoms with Crippen LogP contribution in [0.4, 0.5) is 0 Å². The van der Waals surface area contributed by atoms with Gasteiger partial charge in [0.2, 0.25) is 5.91 Å². The van der Waals surface area contributed by atoms with Gasteiger partial charge in [-0.3, -0.25) is 4.79 Å². The van der Waals surface area contributed by atoms with Crippen LogP contribution in [0.5, 0.6) is 0 Å². The SMILES string of the molecule is CC1CCCC(N)(C(=O)NCC2CCSC2)C1. The highest BCUT2D eigenvalue weighted by Crippen LogP contribution is 2.30. The van der Waals surface area contributed by atoms with Gasteiger partial charge in [0.1, 0.15) is 0 Å². The first-order chi connectivity index (χ1) is 8.10. The van der Waals surface area contributed by atoms with Gasteiger partial charge in [-0.25, -0.2) is 0 Å². The Kier molecular flexibility index (Phi) is 4.36. The molecule has 0 aromatic carbocycles. The zero-order valence-electron chi connectivity index (χ0n) is 10.7. The molecule has 3 unspecified atom stereocenters. The molecule has 1 saturated carbocycles. The second kappa shape index (κ2) is 5.61. The zero-order chi connectivity index (χ0) is 12.3. The number of thioether (sulfide) groups is 1. The number of hydrogen-bond donors (Lipinski definition) is 2. The van der Waals surface area contributed by atoms with Gasteiger partial charge in [0.25, 0.3) is 0 Å². The molecule has 4 heteroatoms. The number of carbonyl (C=O) groups excluding carboxylic acids is 1. The van der Waals surface area contributed by atoms with E-state index in [9.17, 15) is 4.79 Å². The molecule has 98 valence electrons. The molecule has 2 rings (SSSR count). The van der Waals surface area contributed by atoms with Crippen LogP contribution in [0.2, 0.25) is 0 Å². The zero-order valence-corrected chi connectivity index (χ0v) is 11.5. The topological polar surface area (TPSA) is 55.1 Å². The molecule has 3 N–H and O–H groups in total. The molecule has 0 aromatic heterocycles. The molecule has 2 fully saturated rings. The first-order valence-electron chi connectivity index (χ1n) is 6.75. The summed E-state index contributed by atoms with van der Waals surface area (Å²) in [4.78, 5) is 12.2. The molecular weight excluding hydrogens is 232 g/mol. The van der Waals surface area contributed by atoms with E-state index in [2.05, 4.69) is 12.2 Å². The minimum atomic E-state index is -0.594. The fraction of sp³-hybridized carbons (Fsp3) is 0.923. The van der Waals surface area contributed by atoms with Crippen molar-refractivity contribution in [3.05, 3.63) is 0 Å². The average Bonchev–Trinajstić information content (AvgIpc) is 2.78. The second-order valence-electron chi connectivity index (χ2n) is 5.80. The second-order valence-corrected chi connectivity index (χ2v) is 6.95. The third-order valence-corrected chi connectivity index (χ3v) is 5.29. The fourth-order valence-corrected chi connectivity index (χ4v) is 4.24. The average molecular weight is 256 g/mol. The molecule has 3 nitrogen and oxygen atoms in total. The van der Waals surface area contributed by atoms with Gasteiger partial charge in [0.05, 0.1) is 5.54 Å². The first kappa shape index (κ1) is 13.2. The summed E-state index contributed by atoms with van der Waals surface area (Å²) in [5.74, 6) is 3.76. The minimum absolute atomic E-state index is 0.0842. The van der Waals surface area contributed by atoms with E-state index in [0.29, 0.717) is 11.8 Å². The summed E-state index contributed by atoms with van der Waals surface area (Å²) in [6, 6.07) is 0. The Balaban J connectivity index is 1.81. The summed E-state index contributed by atoms with van der Waals surface area (Å²) in [6.45, 7) is 3.01. The van der Waals surface area contributed by atoms with Gasteiger partial charge < -0.3 is 11.1 Å². The van der Waals surface area contributed by atoms with Gasteiger partial charge in [-0.05, 0) is 42.6 Å². The normalized spacial score (nSPS) is 38.0. The summed E-state index contributed by atoms with van der Waals surface area (Å²) < 4.78 is 0.